The summed E-state index contributed by atoms with van der Waals surface area (Å²) in [5.74, 6) is 0.0825. The Labute approximate surface area is 105 Å². The van der Waals surface area contributed by atoms with Gasteiger partial charge in [-0.25, -0.2) is 0 Å². The zero-order valence-corrected chi connectivity index (χ0v) is 10.3. The predicted molar refractivity (Wildman–Crippen MR) is 64.1 cm³/mol. The highest BCUT2D eigenvalue weighted by Gasteiger charge is 2.34. The summed E-state index contributed by atoms with van der Waals surface area (Å²) in [6.07, 6.45) is -0.258. The van der Waals surface area contributed by atoms with Gasteiger partial charge in [-0.1, -0.05) is 0 Å². The molecule has 0 aromatic heterocycles. The Morgan fingerprint density at radius 2 is 2.11 bits per heavy atom. The van der Waals surface area contributed by atoms with E-state index in [2.05, 4.69) is 0 Å². The van der Waals surface area contributed by atoms with Crippen LogP contribution >= 0.6 is 0 Å². The second-order valence-corrected chi connectivity index (χ2v) is 4.38. The summed E-state index contributed by atoms with van der Waals surface area (Å²) in [7, 11) is 3.06. The van der Waals surface area contributed by atoms with Crippen molar-refractivity contribution >= 4 is 5.97 Å². The molecule has 1 aromatic carbocycles. The fourth-order valence-electron chi connectivity index (χ4n) is 2.53. The minimum Gasteiger partial charge on any atom is -0.497 e. The number of aliphatic hydroxyl groups excluding tert-OH is 1. The molecule has 0 amide bonds. The molecule has 5 heteroatoms. The molecule has 2 unspecified atom stereocenters. The van der Waals surface area contributed by atoms with Crippen LogP contribution in [0.25, 0.3) is 0 Å². The largest absolute Gasteiger partial charge is 0.497 e. The van der Waals surface area contributed by atoms with Crippen LogP contribution in [0.15, 0.2) is 12.1 Å². The van der Waals surface area contributed by atoms with E-state index in [1.54, 1.807) is 12.1 Å². The molecule has 0 radical (unpaired) electrons. The van der Waals surface area contributed by atoms with Crippen LogP contribution in [0.5, 0.6) is 11.5 Å². The van der Waals surface area contributed by atoms with E-state index in [0.29, 0.717) is 23.5 Å². The van der Waals surface area contributed by atoms with Gasteiger partial charge >= 0.3 is 5.97 Å². The predicted octanol–water partition coefficient (Wildman–Crippen LogP) is 1.70. The van der Waals surface area contributed by atoms with Crippen LogP contribution in [0.2, 0.25) is 0 Å². The molecule has 1 aromatic rings. The first-order valence-electron chi connectivity index (χ1n) is 5.72. The molecule has 2 atom stereocenters. The number of carboxylic acid groups (broad SMARTS) is 1. The van der Waals surface area contributed by atoms with Gasteiger partial charge in [0.1, 0.15) is 11.5 Å². The van der Waals surface area contributed by atoms with E-state index in [9.17, 15) is 9.90 Å². The van der Waals surface area contributed by atoms with Gasteiger partial charge in [-0.3, -0.25) is 4.79 Å². The number of fused-ring (bicyclic) bond motifs is 1. The van der Waals surface area contributed by atoms with Gasteiger partial charge in [-0.2, -0.15) is 0 Å². The van der Waals surface area contributed by atoms with E-state index in [1.165, 1.54) is 14.2 Å². The van der Waals surface area contributed by atoms with Gasteiger partial charge in [-0.05, 0) is 18.1 Å². The lowest BCUT2D eigenvalue weighted by atomic mass is 9.97. The number of carboxylic acids is 1. The number of ether oxygens (including phenoxy) is 2. The zero-order valence-electron chi connectivity index (χ0n) is 10.3. The fraction of sp³-hybridized carbons (Fsp3) is 0.462. The Morgan fingerprint density at radius 3 is 2.67 bits per heavy atom. The molecule has 1 aliphatic rings. The Balaban J connectivity index is 2.47. The van der Waals surface area contributed by atoms with Gasteiger partial charge in [0.05, 0.1) is 26.7 Å². The molecule has 2 rings (SSSR count). The fourth-order valence-corrected chi connectivity index (χ4v) is 2.53. The molecule has 5 nitrogen and oxygen atoms in total. The van der Waals surface area contributed by atoms with E-state index in [0.717, 1.165) is 5.56 Å². The maximum Gasteiger partial charge on any atom is 0.303 e. The topological polar surface area (TPSA) is 76.0 Å². The van der Waals surface area contributed by atoms with Crippen molar-refractivity contribution in [1.29, 1.82) is 0 Å². The van der Waals surface area contributed by atoms with Crippen molar-refractivity contribution in [3.63, 3.8) is 0 Å². The first kappa shape index (κ1) is 12.7. The summed E-state index contributed by atoms with van der Waals surface area (Å²) in [6, 6.07) is 3.45. The molecular formula is C13H16O5. The molecule has 2 N–H and O–H groups in total. The molecular weight excluding hydrogens is 236 g/mol. The van der Waals surface area contributed by atoms with E-state index in [1.807, 2.05) is 0 Å². The highest BCUT2D eigenvalue weighted by molar-refractivity contribution is 5.69. The maximum absolute atomic E-state index is 10.8. The second kappa shape index (κ2) is 4.86. The van der Waals surface area contributed by atoms with Crippen molar-refractivity contribution in [3.05, 3.63) is 23.3 Å². The molecule has 0 aliphatic heterocycles. The van der Waals surface area contributed by atoms with Crippen LogP contribution in [0.1, 0.15) is 36.0 Å². The second-order valence-electron chi connectivity index (χ2n) is 4.38. The average molecular weight is 252 g/mol. The van der Waals surface area contributed by atoms with Gasteiger partial charge in [-0.15, -0.1) is 0 Å². The monoisotopic (exact) mass is 252 g/mol. The minimum absolute atomic E-state index is 0.00719. The summed E-state index contributed by atoms with van der Waals surface area (Å²) >= 11 is 0. The SMILES string of the molecule is COc1cc(OC)c2c(c1)C(O)CC2CC(=O)O. The van der Waals surface area contributed by atoms with Gasteiger partial charge in [0.25, 0.3) is 0 Å². The number of aliphatic hydroxyl groups is 1. The third-order valence-corrected chi connectivity index (χ3v) is 3.30. The van der Waals surface area contributed by atoms with Crippen LogP contribution in [0, 0.1) is 0 Å². The highest BCUT2D eigenvalue weighted by atomic mass is 16.5. The first-order chi connectivity index (χ1) is 8.56. The molecule has 0 saturated carbocycles. The number of rotatable bonds is 4. The Kier molecular flexibility index (Phi) is 3.43. The summed E-state index contributed by atoms with van der Waals surface area (Å²) in [5, 5.41) is 18.9. The van der Waals surface area contributed by atoms with Crippen molar-refractivity contribution < 1.29 is 24.5 Å². The number of aliphatic carboxylic acids is 1. The normalized spacial score (nSPS) is 21.5. The number of hydrogen-bond donors (Lipinski definition) is 2. The summed E-state index contributed by atoms with van der Waals surface area (Å²) in [6.45, 7) is 0. The van der Waals surface area contributed by atoms with Crippen molar-refractivity contribution in [2.75, 3.05) is 14.2 Å². The van der Waals surface area contributed by atoms with E-state index in [4.69, 9.17) is 14.6 Å². The summed E-state index contributed by atoms with van der Waals surface area (Å²) in [4.78, 5) is 10.8. The number of methoxy groups -OCH3 is 2. The van der Waals surface area contributed by atoms with Crippen molar-refractivity contribution in [1.82, 2.24) is 0 Å². The molecule has 0 spiro atoms. The Morgan fingerprint density at radius 1 is 1.39 bits per heavy atom. The molecule has 18 heavy (non-hydrogen) atoms. The van der Waals surface area contributed by atoms with Gasteiger partial charge in [0.15, 0.2) is 0 Å². The van der Waals surface area contributed by atoms with Crippen LogP contribution in [0.3, 0.4) is 0 Å². The number of benzene rings is 1. The van der Waals surface area contributed by atoms with Crippen LogP contribution < -0.4 is 9.47 Å². The van der Waals surface area contributed by atoms with Crippen molar-refractivity contribution in [2.24, 2.45) is 0 Å². The van der Waals surface area contributed by atoms with E-state index < -0.39 is 12.1 Å². The lowest BCUT2D eigenvalue weighted by molar-refractivity contribution is -0.137. The Hall–Kier alpha value is -1.75. The van der Waals surface area contributed by atoms with Crippen LogP contribution in [0.4, 0.5) is 0 Å². The van der Waals surface area contributed by atoms with Crippen LogP contribution in [-0.2, 0) is 4.79 Å². The molecule has 0 saturated heterocycles. The molecule has 0 heterocycles. The standard InChI is InChI=1S/C13H16O5/c1-17-8-5-9-10(14)3-7(4-12(15)16)13(9)11(6-8)18-2/h5-7,10,14H,3-4H2,1-2H3,(H,15,16). The smallest absolute Gasteiger partial charge is 0.303 e. The minimum atomic E-state index is -0.877. The third kappa shape index (κ3) is 2.13. The molecule has 0 fully saturated rings. The van der Waals surface area contributed by atoms with E-state index >= 15 is 0 Å². The van der Waals surface area contributed by atoms with Crippen molar-refractivity contribution in [2.45, 2.75) is 24.9 Å². The van der Waals surface area contributed by atoms with Gasteiger partial charge in [0.2, 0.25) is 0 Å². The van der Waals surface area contributed by atoms with E-state index in [-0.39, 0.29) is 12.3 Å². The zero-order chi connectivity index (χ0) is 13.3. The molecule has 0 bridgehead atoms. The average Bonchev–Trinajstić information content (AvgIpc) is 2.64. The number of carbonyl (C=O) groups is 1. The Bertz CT molecular complexity index is 469. The summed E-state index contributed by atoms with van der Waals surface area (Å²) in [5.41, 5.74) is 1.49. The maximum atomic E-state index is 10.8. The third-order valence-electron chi connectivity index (χ3n) is 3.30. The lowest BCUT2D eigenvalue weighted by Crippen LogP contribution is -2.05. The molecule has 1 aliphatic carbocycles. The van der Waals surface area contributed by atoms with Gasteiger partial charge in [0, 0.05) is 17.5 Å². The molecule has 98 valence electrons. The quantitative estimate of drug-likeness (QED) is 0.853. The summed E-state index contributed by atoms with van der Waals surface area (Å²) < 4.78 is 10.4. The van der Waals surface area contributed by atoms with Gasteiger partial charge < -0.3 is 19.7 Å². The lowest BCUT2D eigenvalue weighted by Gasteiger charge is -2.14. The number of hydrogen-bond acceptors (Lipinski definition) is 4. The van der Waals surface area contributed by atoms with Crippen molar-refractivity contribution in [3.8, 4) is 11.5 Å². The highest BCUT2D eigenvalue weighted by Crippen LogP contribution is 2.48. The first-order valence-corrected chi connectivity index (χ1v) is 5.72. The van der Waals surface area contributed by atoms with Crippen LogP contribution in [-0.4, -0.2) is 30.4 Å².